The van der Waals surface area contributed by atoms with Crippen LogP contribution >= 0.6 is 0 Å². The summed E-state index contributed by atoms with van der Waals surface area (Å²) in [6.45, 7) is 16.9. The molecule has 2 heterocycles. The molecule has 8 heteroatoms. The van der Waals surface area contributed by atoms with Crippen molar-refractivity contribution in [3.05, 3.63) is 94.3 Å². The van der Waals surface area contributed by atoms with Crippen molar-refractivity contribution in [3.63, 3.8) is 0 Å². The number of aryl methyl sites for hydroxylation is 1. The van der Waals surface area contributed by atoms with Gasteiger partial charge in [0.1, 0.15) is 0 Å². The lowest BCUT2D eigenvalue weighted by Gasteiger charge is -2.48. The summed E-state index contributed by atoms with van der Waals surface area (Å²) in [5, 5.41) is 2.59. The molecule has 0 amide bonds. The zero-order valence-corrected chi connectivity index (χ0v) is 27.4. The number of ketones is 1. The molecule has 0 saturated carbocycles. The average molecular weight is 598 g/mol. The van der Waals surface area contributed by atoms with Crippen molar-refractivity contribution in [2.24, 2.45) is 0 Å². The molecule has 226 valence electrons. The third-order valence-electron chi connectivity index (χ3n) is 8.24. The second kappa shape index (κ2) is 11.8. The van der Waals surface area contributed by atoms with Gasteiger partial charge in [-0.3, -0.25) is 14.2 Å². The quantitative estimate of drug-likeness (QED) is 0.208. The van der Waals surface area contributed by atoms with Crippen molar-refractivity contribution in [2.45, 2.75) is 65.7 Å². The molecule has 5 rings (SSSR count). The molecular formula is C35H43N3O4Si. The number of rotatable bonds is 8. The van der Waals surface area contributed by atoms with Gasteiger partial charge in [0.15, 0.2) is 5.78 Å². The lowest BCUT2D eigenvalue weighted by atomic mass is 10.0. The molecule has 7 nitrogen and oxygen atoms in total. The molecule has 1 aliphatic rings. The molecule has 4 aromatic rings. The first kappa shape index (κ1) is 30.9. The fourth-order valence-corrected chi connectivity index (χ4v) is 11.2. The molecule has 3 aromatic carbocycles. The van der Waals surface area contributed by atoms with Crippen molar-refractivity contribution >= 4 is 41.3 Å². The van der Waals surface area contributed by atoms with Crippen molar-refractivity contribution in [3.8, 4) is 0 Å². The highest BCUT2D eigenvalue weighted by molar-refractivity contribution is 6.99. The predicted molar refractivity (Wildman–Crippen MR) is 177 cm³/mol. The van der Waals surface area contributed by atoms with E-state index in [0.29, 0.717) is 48.7 Å². The van der Waals surface area contributed by atoms with Gasteiger partial charge in [0.05, 0.1) is 36.3 Å². The largest absolute Gasteiger partial charge is 0.401 e. The fourth-order valence-electron chi connectivity index (χ4n) is 6.35. The average Bonchev–Trinajstić information content (AvgIpc) is 2.98. The van der Waals surface area contributed by atoms with Gasteiger partial charge in [-0.25, -0.2) is 4.98 Å². The number of hydrogen-bond acceptors (Lipinski definition) is 6. The highest BCUT2D eigenvalue weighted by Crippen LogP contribution is 2.39. The Bertz CT molecular complexity index is 1630. The number of benzene rings is 3. The number of carbonyl (C=O) groups excluding carboxylic acids is 1. The third kappa shape index (κ3) is 5.96. The number of anilines is 1. The Morgan fingerprint density at radius 2 is 1.49 bits per heavy atom. The van der Waals surface area contributed by atoms with Crippen LogP contribution in [-0.2, 0) is 15.7 Å². The van der Waals surface area contributed by atoms with Gasteiger partial charge in [-0.15, -0.1) is 0 Å². The summed E-state index contributed by atoms with van der Waals surface area (Å²) < 4.78 is 14.9. The highest BCUT2D eigenvalue weighted by atomic mass is 28.4. The molecule has 1 saturated heterocycles. The number of ether oxygens (including phenoxy) is 1. The molecule has 0 aliphatic carbocycles. The molecule has 1 fully saturated rings. The summed E-state index contributed by atoms with van der Waals surface area (Å²) in [5.41, 5.74) is 0.837. The van der Waals surface area contributed by atoms with Gasteiger partial charge >= 0.3 is 0 Å². The molecule has 0 radical (unpaired) electrons. The molecule has 1 aliphatic heterocycles. The Kier molecular flexibility index (Phi) is 8.49. The van der Waals surface area contributed by atoms with E-state index in [4.69, 9.17) is 14.1 Å². The number of morpholine rings is 1. The van der Waals surface area contributed by atoms with E-state index in [1.807, 2.05) is 31.2 Å². The first-order chi connectivity index (χ1) is 20.3. The Balaban J connectivity index is 1.70. The van der Waals surface area contributed by atoms with Gasteiger partial charge in [-0.1, -0.05) is 81.4 Å². The molecule has 0 spiro atoms. The number of fused-ring (bicyclic) bond motifs is 1. The fraction of sp³-hybridized carbons (Fsp3) is 0.400. The second-order valence-electron chi connectivity index (χ2n) is 13.2. The number of aromatic nitrogens is 2. The Labute approximate surface area is 255 Å². The van der Waals surface area contributed by atoms with E-state index in [9.17, 15) is 9.59 Å². The zero-order valence-electron chi connectivity index (χ0n) is 26.4. The molecule has 0 N–H and O–H groups in total. The molecule has 0 atom stereocenters. The molecular weight excluding hydrogens is 554 g/mol. The summed E-state index contributed by atoms with van der Waals surface area (Å²) in [6, 6.07) is 24.7. The SMILES string of the molecule is CC(=O)c1cc(C)cc2c(=O)n(CC(C)(C)O[Si](c3ccccc3)(c3ccccc3)C(C)(C)C)c(N3CCOCC3)nc12. The second-order valence-corrected chi connectivity index (χ2v) is 17.4. The van der Waals surface area contributed by atoms with Gasteiger partial charge in [0, 0.05) is 18.7 Å². The first-order valence-corrected chi connectivity index (χ1v) is 16.9. The van der Waals surface area contributed by atoms with Gasteiger partial charge < -0.3 is 14.1 Å². The lowest BCUT2D eigenvalue weighted by Crippen LogP contribution is -2.69. The predicted octanol–water partition coefficient (Wildman–Crippen LogP) is 5.10. The van der Waals surface area contributed by atoms with Crippen LogP contribution in [0.4, 0.5) is 5.95 Å². The van der Waals surface area contributed by atoms with Gasteiger partial charge in [0.25, 0.3) is 13.9 Å². The van der Waals surface area contributed by atoms with Crippen molar-refractivity contribution in [1.82, 2.24) is 9.55 Å². The van der Waals surface area contributed by atoms with E-state index in [1.54, 1.807) is 4.57 Å². The molecule has 43 heavy (non-hydrogen) atoms. The Hall–Kier alpha value is -3.59. The van der Waals surface area contributed by atoms with Crippen LogP contribution in [0.25, 0.3) is 10.9 Å². The smallest absolute Gasteiger partial charge is 0.262 e. The summed E-state index contributed by atoms with van der Waals surface area (Å²) in [7, 11) is -2.91. The number of nitrogens with zero attached hydrogens (tertiary/aromatic N) is 3. The Morgan fingerprint density at radius 1 is 0.930 bits per heavy atom. The normalized spacial score (nSPS) is 14.7. The van der Waals surface area contributed by atoms with Crippen LogP contribution in [0, 0.1) is 6.92 Å². The number of hydrogen-bond donors (Lipinski definition) is 0. The van der Waals surface area contributed by atoms with Crippen LogP contribution in [0.1, 0.15) is 57.5 Å². The van der Waals surface area contributed by atoms with Crippen LogP contribution in [0.5, 0.6) is 0 Å². The summed E-state index contributed by atoms with van der Waals surface area (Å²) >= 11 is 0. The minimum Gasteiger partial charge on any atom is -0.401 e. The number of carbonyl (C=O) groups is 1. The van der Waals surface area contributed by atoms with Crippen LogP contribution in [0.15, 0.2) is 77.6 Å². The van der Waals surface area contributed by atoms with Gasteiger partial charge in [-0.2, -0.15) is 0 Å². The van der Waals surface area contributed by atoms with Crippen molar-refractivity contribution < 1.29 is 14.0 Å². The maximum absolute atomic E-state index is 14.4. The summed E-state index contributed by atoms with van der Waals surface area (Å²) in [5.74, 6) is 0.438. The molecule has 0 unspecified atom stereocenters. The topological polar surface area (TPSA) is 73.7 Å². The monoisotopic (exact) mass is 597 g/mol. The van der Waals surface area contributed by atoms with Gasteiger partial charge in [-0.05, 0) is 60.8 Å². The minimum absolute atomic E-state index is 0.110. The van der Waals surface area contributed by atoms with Crippen molar-refractivity contribution in [1.29, 1.82) is 0 Å². The van der Waals surface area contributed by atoms with Gasteiger partial charge in [0.2, 0.25) is 5.95 Å². The molecule has 1 aromatic heterocycles. The van der Waals surface area contributed by atoms with Crippen LogP contribution < -0.4 is 20.8 Å². The maximum atomic E-state index is 14.4. The lowest BCUT2D eigenvalue weighted by molar-refractivity contribution is 0.0761. The van der Waals surface area contributed by atoms with Crippen LogP contribution in [-0.4, -0.2) is 55.6 Å². The first-order valence-electron chi connectivity index (χ1n) is 15.0. The van der Waals surface area contributed by atoms with Crippen molar-refractivity contribution in [2.75, 3.05) is 31.2 Å². The van der Waals surface area contributed by atoms with E-state index in [2.05, 4.69) is 88.0 Å². The van der Waals surface area contributed by atoms with E-state index < -0.39 is 13.9 Å². The minimum atomic E-state index is -2.91. The third-order valence-corrected chi connectivity index (χ3v) is 13.5. The Morgan fingerprint density at radius 3 is 2.00 bits per heavy atom. The van der Waals surface area contributed by atoms with E-state index in [-0.39, 0.29) is 22.9 Å². The van der Waals surface area contributed by atoms with E-state index in [1.165, 1.54) is 17.3 Å². The maximum Gasteiger partial charge on any atom is 0.262 e. The standard InChI is InChI=1S/C35H43N3O4Si/c1-25-22-29(26(2)39)31-30(23-25)32(40)38(33(36-31)37-18-20-41-21-19-37)24-35(6,7)42-43(34(3,4)5,27-14-10-8-11-15-27)28-16-12-9-13-17-28/h8-17,22-23H,18-21,24H2,1-7H3. The molecule has 0 bridgehead atoms. The summed E-state index contributed by atoms with van der Waals surface area (Å²) in [6.07, 6.45) is 0. The highest BCUT2D eigenvalue weighted by Gasteiger charge is 2.53. The zero-order chi connectivity index (χ0) is 31.0. The van der Waals surface area contributed by atoms with Crippen LogP contribution in [0.2, 0.25) is 5.04 Å². The van der Waals surface area contributed by atoms with Crippen LogP contribution in [0.3, 0.4) is 0 Å². The summed E-state index contributed by atoms with van der Waals surface area (Å²) in [4.78, 5) is 34.2. The van der Waals surface area contributed by atoms with E-state index in [0.717, 1.165) is 5.56 Å². The number of Topliss-reactive ketones (excluding diaryl/α,β-unsaturated/α-hetero) is 1. The van der Waals surface area contributed by atoms with E-state index >= 15 is 0 Å².